The number of amides is 1. The first kappa shape index (κ1) is 20.6. The topological polar surface area (TPSA) is 90.4 Å². The van der Waals surface area contributed by atoms with E-state index >= 15 is 0 Å². The Morgan fingerprint density at radius 2 is 1.70 bits per heavy atom. The number of alkyl carbamates (subject to hydrolysis) is 1. The monoisotopic (exact) mass is 391 g/mol. The molecule has 27 heavy (non-hydrogen) atoms. The molecule has 0 fully saturated rings. The number of benzene rings is 1. The van der Waals surface area contributed by atoms with Crippen molar-refractivity contribution >= 4 is 23.7 Å². The zero-order chi connectivity index (χ0) is 19.8. The predicted octanol–water partition coefficient (Wildman–Crippen LogP) is 3.48. The summed E-state index contributed by atoms with van der Waals surface area (Å²) in [6.45, 7) is 5.24. The van der Waals surface area contributed by atoms with Crippen LogP contribution in [0.4, 0.5) is 4.79 Å². The van der Waals surface area contributed by atoms with Gasteiger partial charge in [-0.1, -0.05) is 23.7 Å². The van der Waals surface area contributed by atoms with Gasteiger partial charge in [-0.2, -0.15) is 0 Å². The average Bonchev–Trinajstić information content (AvgIpc) is 2.62. The maximum atomic E-state index is 12.3. The molecule has 2 atom stereocenters. The number of ether oxygens (including phenoxy) is 2. The fraction of sp³-hybridized carbons (Fsp3) is 0.368. The summed E-state index contributed by atoms with van der Waals surface area (Å²) in [5, 5.41) is 3.29. The molecule has 0 bridgehead atoms. The van der Waals surface area contributed by atoms with Crippen LogP contribution in [-0.4, -0.2) is 34.2 Å². The molecule has 7 nitrogen and oxygen atoms in total. The summed E-state index contributed by atoms with van der Waals surface area (Å²) in [6.07, 6.45) is 0.906. The Hall–Kier alpha value is -2.67. The molecule has 0 aliphatic heterocycles. The lowest BCUT2D eigenvalue weighted by Gasteiger charge is -2.20. The standard InChI is InChI=1S/C19H22ClN3O4/c1-12(2)26-18(24)16(11-17-21-9-4-10-22-17)27-19(25)23-13(3)14-5-7-15(20)8-6-14/h4-10,12-13,16H,11H2,1-3H3,(H,23,25). The summed E-state index contributed by atoms with van der Waals surface area (Å²) in [4.78, 5) is 32.7. The second kappa shape index (κ2) is 9.87. The van der Waals surface area contributed by atoms with E-state index in [1.807, 2.05) is 0 Å². The van der Waals surface area contributed by atoms with Crippen LogP contribution >= 0.6 is 11.6 Å². The van der Waals surface area contributed by atoms with E-state index in [2.05, 4.69) is 15.3 Å². The zero-order valence-corrected chi connectivity index (χ0v) is 16.1. The SMILES string of the molecule is CC(C)OC(=O)C(Cc1ncccn1)OC(=O)NC(C)c1ccc(Cl)cc1. The third-order valence-electron chi connectivity index (χ3n) is 3.56. The highest BCUT2D eigenvalue weighted by Gasteiger charge is 2.27. The molecule has 1 aromatic carbocycles. The van der Waals surface area contributed by atoms with Gasteiger partial charge in [-0.05, 0) is 44.5 Å². The lowest BCUT2D eigenvalue weighted by molar-refractivity contribution is -0.157. The Labute approximate surface area is 163 Å². The van der Waals surface area contributed by atoms with Crippen molar-refractivity contribution in [3.05, 3.63) is 59.1 Å². The number of hydrogen-bond acceptors (Lipinski definition) is 6. The van der Waals surface area contributed by atoms with Crippen LogP contribution in [0.25, 0.3) is 0 Å². The highest BCUT2D eigenvalue weighted by Crippen LogP contribution is 2.16. The fourth-order valence-electron chi connectivity index (χ4n) is 2.26. The average molecular weight is 392 g/mol. The number of hydrogen-bond donors (Lipinski definition) is 1. The molecule has 2 aromatic rings. The fourth-order valence-corrected chi connectivity index (χ4v) is 2.38. The van der Waals surface area contributed by atoms with E-state index in [4.69, 9.17) is 21.1 Å². The number of nitrogens with one attached hydrogen (secondary N) is 1. The van der Waals surface area contributed by atoms with Gasteiger partial charge in [-0.25, -0.2) is 19.6 Å². The Balaban J connectivity index is 2.03. The van der Waals surface area contributed by atoms with Gasteiger partial charge in [-0.3, -0.25) is 0 Å². The van der Waals surface area contributed by atoms with Crippen LogP contribution in [0.1, 0.15) is 38.2 Å². The summed E-state index contributed by atoms with van der Waals surface area (Å²) in [5.41, 5.74) is 0.851. The third kappa shape index (κ3) is 6.86. The Kier molecular flexibility index (Phi) is 7.55. The Morgan fingerprint density at radius 3 is 2.30 bits per heavy atom. The molecule has 0 saturated heterocycles. The lowest BCUT2D eigenvalue weighted by atomic mass is 10.1. The van der Waals surface area contributed by atoms with Gasteiger partial charge in [0.15, 0.2) is 0 Å². The van der Waals surface area contributed by atoms with E-state index in [-0.39, 0.29) is 18.6 Å². The van der Waals surface area contributed by atoms with Gasteiger partial charge in [0.2, 0.25) is 6.10 Å². The van der Waals surface area contributed by atoms with Crippen molar-refractivity contribution in [2.24, 2.45) is 0 Å². The zero-order valence-electron chi connectivity index (χ0n) is 15.4. The molecule has 1 aromatic heterocycles. The minimum Gasteiger partial charge on any atom is -0.460 e. The van der Waals surface area contributed by atoms with Gasteiger partial charge < -0.3 is 14.8 Å². The maximum absolute atomic E-state index is 12.3. The molecule has 1 amide bonds. The molecule has 0 spiro atoms. The Bertz CT molecular complexity index is 753. The first-order chi connectivity index (χ1) is 12.8. The van der Waals surface area contributed by atoms with Crippen molar-refractivity contribution in [2.75, 3.05) is 0 Å². The van der Waals surface area contributed by atoms with Crippen molar-refractivity contribution in [1.29, 1.82) is 0 Å². The van der Waals surface area contributed by atoms with Crippen molar-refractivity contribution in [1.82, 2.24) is 15.3 Å². The van der Waals surface area contributed by atoms with Crippen LogP contribution in [-0.2, 0) is 20.7 Å². The number of halogens is 1. The van der Waals surface area contributed by atoms with Crippen LogP contribution < -0.4 is 5.32 Å². The van der Waals surface area contributed by atoms with E-state index in [9.17, 15) is 9.59 Å². The number of carbonyl (C=O) groups is 2. The molecule has 1 heterocycles. The smallest absolute Gasteiger partial charge is 0.408 e. The summed E-state index contributed by atoms with van der Waals surface area (Å²) < 4.78 is 10.5. The number of esters is 1. The van der Waals surface area contributed by atoms with Crippen molar-refractivity contribution < 1.29 is 19.1 Å². The molecule has 0 aliphatic carbocycles. The molecule has 2 unspecified atom stereocenters. The third-order valence-corrected chi connectivity index (χ3v) is 3.81. The van der Waals surface area contributed by atoms with Crippen molar-refractivity contribution in [2.45, 2.75) is 45.4 Å². The quantitative estimate of drug-likeness (QED) is 0.726. The van der Waals surface area contributed by atoms with E-state index in [0.717, 1.165) is 5.56 Å². The van der Waals surface area contributed by atoms with Gasteiger partial charge in [0.05, 0.1) is 18.6 Å². The summed E-state index contributed by atoms with van der Waals surface area (Å²) >= 11 is 5.87. The van der Waals surface area contributed by atoms with Gasteiger partial charge in [0.25, 0.3) is 0 Å². The van der Waals surface area contributed by atoms with E-state index in [1.165, 1.54) is 0 Å². The van der Waals surface area contributed by atoms with Crippen molar-refractivity contribution in [3.63, 3.8) is 0 Å². The number of carbonyl (C=O) groups excluding carboxylic acids is 2. The molecular weight excluding hydrogens is 370 g/mol. The second-order valence-electron chi connectivity index (χ2n) is 6.17. The molecule has 144 valence electrons. The van der Waals surface area contributed by atoms with Gasteiger partial charge in [-0.15, -0.1) is 0 Å². The largest absolute Gasteiger partial charge is 0.460 e. The maximum Gasteiger partial charge on any atom is 0.408 e. The minimum atomic E-state index is -1.15. The van der Waals surface area contributed by atoms with E-state index < -0.39 is 18.2 Å². The predicted molar refractivity (Wildman–Crippen MR) is 100 cm³/mol. The van der Waals surface area contributed by atoms with Crippen LogP contribution in [0.5, 0.6) is 0 Å². The van der Waals surface area contributed by atoms with Crippen LogP contribution in [0, 0.1) is 0 Å². The number of rotatable bonds is 7. The van der Waals surface area contributed by atoms with Gasteiger partial charge in [0, 0.05) is 17.4 Å². The van der Waals surface area contributed by atoms with Gasteiger partial charge in [0.1, 0.15) is 5.82 Å². The Morgan fingerprint density at radius 1 is 1.07 bits per heavy atom. The molecule has 8 heteroatoms. The molecular formula is C19H22ClN3O4. The van der Waals surface area contributed by atoms with Gasteiger partial charge >= 0.3 is 12.1 Å². The highest BCUT2D eigenvalue weighted by atomic mass is 35.5. The normalized spacial score (nSPS) is 12.9. The summed E-state index contributed by atoms with van der Waals surface area (Å²) in [7, 11) is 0. The molecule has 0 saturated carbocycles. The van der Waals surface area contributed by atoms with E-state index in [0.29, 0.717) is 10.8 Å². The second-order valence-corrected chi connectivity index (χ2v) is 6.60. The summed E-state index contributed by atoms with van der Waals surface area (Å²) in [5.74, 6) is -0.270. The van der Waals surface area contributed by atoms with E-state index in [1.54, 1.807) is 63.5 Å². The first-order valence-electron chi connectivity index (χ1n) is 8.54. The first-order valence-corrected chi connectivity index (χ1v) is 8.92. The minimum absolute atomic E-state index is 0.0230. The highest BCUT2D eigenvalue weighted by molar-refractivity contribution is 6.30. The molecule has 0 aliphatic rings. The van der Waals surface area contributed by atoms with Crippen LogP contribution in [0.3, 0.4) is 0 Å². The molecule has 0 radical (unpaired) electrons. The lowest BCUT2D eigenvalue weighted by Crippen LogP contribution is -2.38. The van der Waals surface area contributed by atoms with Crippen molar-refractivity contribution in [3.8, 4) is 0 Å². The molecule has 2 rings (SSSR count). The molecule has 1 N–H and O–H groups in total. The van der Waals surface area contributed by atoms with Crippen LogP contribution in [0.2, 0.25) is 5.02 Å². The number of nitrogens with zero attached hydrogens (tertiary/aromatic N) is 2. The summed E-state index contributed by atoms with van der Waals surface area (Å²) in [6, 6.07) is 8.40. The number of aromatic nitrogens is 2. The van der Waals surface area contributed by atoms with Crippen LogP contribution in [0.15, 0.2) is 42.7 Å².